The molecule has 3 rings (SSSR count). The molecule has 0 radical (unpaired) electrons. The van der Waals surface area contributed by atoms with Gasteiger partial charge in [-0.2, -0.15) is 0 Å². The molecular weight excluding hydrogens is 364 g/mol. The largest absolute Gasteiger partial charge is 0.497 e. The first-order valence-electron chi connectivity index (χ1n) is 8.93. The van der Waals surface area contributed by atoms with Gasteiger partial charge in [0.2, 0.25) is 16.9 Å². The summed E-state index contributed by atoms with van der Waals surface area (Å²) in [6.07, 6.45) is 1.12. The lowest BCUT2D eigenvalue weighted by molar-refractivity contribution is -0.124. The lowest BCUT2D eigenvalue weighted by Crippen LogP contribution is -2.29. The summed E-state index contributed by atoms with van der Waals surface area (Å²) >= 11 is 1.34. The Morgan fingerprint density at radius 3 is 2.67 bits per heavy atom. The molecule has 1 unspecified atom stereocenters. The Hall–Kier alpha value is -2.48. The molecule has 2 heterocycles. The number of hydrogen-bond donors (Lipinski definition) is 1. The standard InChI is InChI=1S/C19H24N4O3S/c1-5-19(2,3)17(25)20-18-22-21-16(27-18)12-10-15(24)23(11-12)13-6-8-14(26-4)9-7-13/h6-9,12H,5,10-11H2,1-4H3,(H,20,22,25). The maximum atomic E-state index is 12.4. The van der Waals surface area contributed by atoms with Gasteiger partial charge in [0.05, 0.1) is 7.11 Å². The van der Waals surface area contributed by atoms with E-state index in [1.54, 1.807) is 12.0 Å². The fourth-order valence-corrected chi connectivity index (χ4v) is 3.59. The van der Waals surface area contributed by atoms with Crippen LogP contribution < -0.4 is 15.0 Å². The van der Waals surface area contributed by atoms with Gasteiger partial charge in [0.25, 0.3) is 0 Å². The third kappa shape index (κ3) is 4.10. The Bertz CT molecular complexity index is 832. The normalized spacial score (nSPS) is 17.3. The molecule has 1 aromatic carbocycles. The fraction of sp³-hybridized carbons (Fsp3) is 0.474. The lowest BCUT2D eigenvalue weighted by Gasteiger charge is -2.20. The van der Waals surface area contributed by atoms with Gasteiger partial charge in [-0.25, -0.2) is 0 Å². The van der Waals surface area contributed by atoms with Crippen molar-refractivity contribution in [2.75, 3.05) is 23.9 Å². The number of carbonyl (C=O) groups is 2. The van der Waals surface area contributed by atoms with Crippen LogP contribution in [0.25, 0.3) is 0 Å². The molecular formula is C19H24N4O3S. The van der Waals surface area contributed by atoms with Crippen molar-refractivity contribution in [2.24, 2.45) is 5.41 Å². The average molecular weight is 388 g/mol. The van der Waals surface area contributed by atoms with E-state index in [0.717, 1.165) is 22.9 Å². The van der Waals surface area contributed by atoms with E-state index in [-0.39, 0.29) is 17.7 Å². The second-order valence-corrected chi connectivity index (χ2v) is 8.25. The number of aromatic nitrogens is 2. The summed E-state index contributed by atoms with van der Waals surface area (Å²) in [6.45, 7) is 6.32. The molecule has 1 fully saturated rings. The van der Waals surface area contributed by atoms with Gasteiger partial charge < -0.3 is 15.0 Å². The van der Waals surface area contributed by atoms with E-state index < -0.39 is 5.41 Å². The number of rotatable bonds is 6. The minimum atomic E-state index is -0.458. The van der Waals surface area contributed by atoms with Gasteiger partial charge >= 0.3 is 0 Å². The number of amides is 2. The summed E-state index contributed by atoms with van der Waals surface area (Å²) in [7, 11) is 1.61. The highest BCUT2D eigenvalue weighted by molar-refractivity contribution is 7.15. The lowest BCUT2D eigenvalue weighted by atomic mass is 9.89. The molecule has 0 bridgehead atoms. The minimum Gasteiger partial charge on any atom is -0.497 e. The van der Waals surface area contributed by atoms with Gasteiger partial charge in [0.1, 0.15) is 10.8 Å². The van der Waals surface area contributed by atoms with E-state index in [9.17, 15) is 9.59 Å². The number of ether oxygens (including phenoxy) is 1. The van der Waals surface area contributed by atoms with Gasteiger partial charge in [-0.15, -0.1) is 10.2 Å². The highest BCUT2D eigenvalue weighted by Crippen LogP contribution is 2.35. The zero-order chi connectivity index (χ0) is 19.6. The van der Waals surface area contributed by atoms with Gasteiger partial charge in [0, 0.05) is 30.0 Å². The Kier molecular flexibility index (Phi) is 5.46. The van der Waals surface area contributed by atoms with Crippen molar-refractivity contribution < 1.29 is 14.3 Å². The maximum Gasteiger partial charge on any atom is 0.231 e. The zero-order valence-electron chi connectivity index (χ0n) is 16.0. The van der Waals surface area contributed by atoms with Crippen LogP contribution in [-0.4, -0.2) is 35.7 Å². The molecule has 2 aromatic rings. The number of nitrogens with zero attached hydrogens (tertiary/aromatic N) is 3. The van der Waals surface area contributed by atoms with Crippen LogP contribution in [0, 0.1) is 5.41 Å². The number of carbonyl (C=O) groups excluding carboxylic acids is 2. The molecule has 1 aliphatic heterocycles. The smallest absolute Gasteiger partial charge is 0.231 e. The van der Waals surface area contributed by atoms with E-state index in [1.807, 2.05) is 45.0 Å². The number of methoxy groups -OCH3 is 1. The molecule has 0 spiro atoms. The van der Waals surface area contributed by atoms with Crippen molar-refractivity contribution in [3.63, 3.8) is 0 Å². The van der Waals surface area contributed by atoms with Crippen molar-refractivity contribution in [2.45, 2.75) is 39.5 Å². The molecule has 1 aliphatic rings. The van der Waals surface area contributed by atoms with Crippen LogP contribution in [0.5, 0.6) is 5.75 Å². The molecule has 8 heteroatoms. The summed E-state index contributed by atoms with van der Waals surface area (Å²) in [6, 6.07) is 7.42. The molecule has 27 heavy (non-hydrogen) atoms. The number of nitrogens with one attached hydrogen (secondary N) is 1. The summed E-state index contributed by atoms with van der Waals surface area (Å²) < 4.78 is 5.16. The van der Waals surface area contributed by atoms with Gasteiger partial charge in [-0.1, -0.05) is 32.1 Å². The van der Waals surface area contributed by atoms with Crippen LogP contribution in [0.3, 0.4) is 0 Å². The third-order valence-electron chi connectivity index (χ3n) is 5.02. The first-order valence-corrected chi connectivity index (χ1v) is 9.75. The molecule has 0 saturated carbocycles. The molecule has 1 atom stereocenters. The Morgan fingerprint density at radius 1 is 1.33 bits per heavy atom. The van der Waals surface area contributed by atoms with Crippen molar-refractivity contribution in [1.82, 2.24) is 10.2 Å². The molecule has 1 saturated heterocycles. The van der Waals surface area contributed by atoms with Crippen molar-refractivity contribution >= 4 is 34.0 Å². The van der Waals surface area contributed by atoms with Crippen molar-refractivity contribution in [1.29, 1.82) is 0 Å². The van der Waals surface area contributed by atoms with Gasteiger partial charge in [-0.05, 0) is 30.7 Å². The summed E-state index contributed by atoms with van der Waals surface area (Å²) in [4.78, 5) is 26.5. The SMILES string of the molecule is CCC(C)(C)C(=O)Nc1nnc(C2CC(=O)N(c3ccc(OC)cc3)C2)s1. The van der Waals surface area contributed by atoms with Gasteiger partial charge in [0.15, 0.2) is 0 Å². The monoisotopic (exact) mass is 388 g/mol. The van der Waals surface area contributed by atoms with E-state index in [4.69, 9.17) is 4.74 Å². The third-order valence-corrected chi connectivity index (χ3v) is 6.02. The maximum absolute atomic E-state index is 12.4. The zero-order valence-corrected chi connectivity index (χ0v) is 16.8. The van der Waals surface area contributed by atoms with E-state index >= 15 is 0 Å². The van der Waals surface area contributed by atoms with Crippen LogP contribution in [-0.2, 0) is 9.59 Å². The molecule has 1 aromatic heterocycles. The van der Waals surface area contributed by atoms with Crippen LogP contribution in [0.2, 0.25) is 0 Å². The van der Waals surface area contributed by atoms with Gasteiger partial charge in [-0.3, -0.25) is 9.59 Å². The fourth-order valence-electron chi connectivity index (χ4n) is 2.76. The summed E-state index contributed by atoms with van der Waals surface area (Å²) in [5, 5.41) is 12.4. The van der Waals surface area contributed by atoms with Crippen LogP contribution in [0.15, 0.2) is 24.3 Å². The van der Waals surface area contributed by atoms with E-state index in [2.05, 4.69) is 15.5 Å². The Labute approximate surface area is 162 Å². The second-order valence-electron chi connectivity index (χ2n) is 7.24. The predicted octanol–water partition coefficient (Wildman–Crippen LogP) is 3.44. The average Bonchev–Trinajstić information content (AvgIpc) is 3.28. The van der Waals surface area contributed by atoms with Crippen molar-refractivity contribution in [3.8, 4) is 5.75 Å². The van der Waals surface area contributed by atoms with Crippen molar-refractivity contribution in [3.05, 3.63) is 29.3 Å². The number of hydrogen-bond acceptors (Lipinski definition) is 6. The predicted molar refractivity (Wildman–Crippen MR) is 105 cm³/mol. The quantitative estimate of drug-likeness (QED) is 0.819. The highest BCUT2D eigenvalue weighted by Gasteiger charge is 2.34. The minimum absolute atomic E-state index is 0.0260. The van der Waals surface area contributed by atoms with E-state index in [0.29, 0.717) is 18.1 Å². The molecule has 0 aliphatic carbocycles. The van der Waals surface area contributed by atoms with Crippen LogP contribution in [0.1, 0.15) is 44.5 Å². The van der Waals surface area contributed by atoms with Crippen LogP contribution in [0.4, 0.5) is 10.8 Å². The number of anilines is 2. The number of benzene rings is 1. The Morgan fingerprint density at radius 2 is 2.04 bits per heavy atom. The highest BCUT2D eigenvalue weighted by atomic mass is 32.1. The molecule has 1 N–H and O–H groups in total. The first-order chi connectivity index (χ1) is 12.8. The molecule has 2 amide bonds. The summed E-state index contributed by atoms with van der Waals surface area (Å²) in [5.74, 6) is 0.705. The van der Waals surface area contributed by atoms with E-state index in [1.165, 1.54) is 11.3 Å². The first kappa shape index (κ1) is 19.3. The topological polar surface area (TPSA) is 84.4 Å². The Balaban J connectivity index is 1.68. The molecule has 144 valence electrons. The summed E-state index contributed by atoms with van der Waals surface area (Å²) in [5.41, 5.74) is 0.381. The van der Waals surface area contributed by atoms with Crippen LogP contribution >= 0.6 is 11.3 Å². The molecule has 7 nitrogen and oxygen atoms in total. The second kappa shape index (κ2) is 7.64.